The van der Waals surface area contributed by atoms with Crippen molar-refractivity contribution in [3.63, 3.8) is 0 Å². The molecule has 0 saturated carbocycles. The van der Waals surface area contributed by atoms with E-state index in [1.807, 2.05) is 0 Å². The van der Waals surface area contributed by atoms with Crippen molar-refractivity contribution in [2.45, 2.75) is 44.2 Å². The lowest BCUT2D eigenvalue weighted by Crippen LogP contribution is -2.58. The molecule has 0 atom stereocenters. The maximum Gasteiger partial charge on any atom is 0.460 e. The Morgan fingerprint density at radius 1 is 1.03 bits per heavy atom. The normalized spacial score (nSPS) is 15.2. The SMILES string of the molecule is COc1ccc(NC(=O)c2oc3c(c2C)/C(=N/NC(=O)C(F)(F)C(F)(F)C(F)(F)F)CCC3)c(OC)c1. The Balaban J connectivity index is 1.87. The van der Waals surface area contributed by atoms with E-state index in [4.69, 9.17) is 13.9 Å². The summed E-state index contributed by atoms with van der Waals surface area (Å²) < 4.78 is 106. The summed E-state index contributed by atoms with van der Waals surface area (Å²) in [5.74, 6) is -15.7. The molecular weight excluding hydrogens is 519 g/mol. The quantitative estimate of drug-likeness (QED) is 0.387. The molecule has 1 aromatic heterocycles. The predicted molar refractivity (Wildman–Crippen MR) is 115 cm³/mol. The number of anilines is 1. The number of halogens is 7. The lowest BCUT2D eigenvalue weighted by atomic mass is 9.93. The molecule has 1 heterocycles. The Kier molecular flexibility index (Phi) is 7.47. The van der Waals surface area contributed by atoms with Crippen LogP contribution in [0, 0.1) is 6.92 Å². The summed E-state index contributed by atoms with van der Waals surface area (Å²) in [5, 5.41) is 5.94. The molecule has 37 heavy (non-hydrogen) atoms. The monoisotopic (exact) mass is 539 g/mol. The molecule has 0 radical (unpaired) electrons. The third kappa shape index (κ3) is 5.06. The fourth-order valence-corrected chi connectivity index (χ4v) is 3.59. The number of nitrogens with zero attached hydrogens (tertiary/aromatic N) is 1. The molecule has 2 aromatic rings. The predicted octanol–water partition coefficient (Wildman–Crippen LogP) is 4.85. The van der Waals surface area contributed by atoms with Crippen molar-refractivity contribution < 1.29 is 54.2 Å². The number of hydrogen-bond donors (Lipinski definition) is 2. The zero-order chi connectivity index (χ0) is 27.8. The van der Waals surface area contributed by atoms with Crippen LogP contribution >= 0.6 is 0 Å². The van der Waals surface area contributed by atoms with Crippen molar-refractivity contribution in [1.29, 1.82) is 0 Å². The van der Waals surface area contributed by atoms with Crippen LogP contribution in [0.25, 0.3) is 0 Å². The van der Waals surface area contributed by atoms with Crippen LogP contribution in [0.1, 0.15) is 40.3 Å². The number of benzene rings is 1. The van der Waals surface area contributed by atoms with Crippen molar-refractivity contribution in [2.75, 3.05) is 19.5 Å². The average Bonchev–Trinajstić information content (AvgIpc) is 3.18. The molecule has 0 aliphatic heterocycles. The first kappa shape index (κ1) is 27.8. The largest absolute Gasteiger partial charge is 0.497 e. The maximum atomic E-state index is 13.6. The van der Waals surface area contributed by atoms with Gasteiger partial charge in [-0.15, -0.1) is 0 Å². The van der Waals surface area contributed by atoms with E-state index >= 15 is 0 Å². The summed E-state index contributed by atoms with van der Waals surface area (Å²) >= 11 is 0. The molecule has 8 nitrogen and oxygen atoms in total. The second-order valence-corrected chi connectivity index (χ2v) is 7.87. The standard InChI is InChI=1S/C22H20F7N3O5/c1-10-16-13(31-32-19(34)20(23,24)21(25,26)22(27,28)29)5-4-6-14(16)37-17(10)18(33)30-12-8-7-11(35-2)9-15(12)36-3/h7-9H,4-6H2,1-3H3,(H,30,33)(H,32,34)/b31-13+. The van der Waals surface area contributed by atoms with E-state index in [0.29, 0.717) is 12.2 Å². The molecule has 2 amide bonds. The number of carbonyl (C=O) groups is 2. The molecule has 1 aliphatic carbocycles. The number of furan rings is 1. The molecule has 0 unspecified atom stereocenters. The van der Waals surface area contributed by atoms with Crippen LogP contribution in [0.15, 0.2) is 27.7 Å². The molecule has 0 spiro atoms. The highest BCUT2D eigenvalue weighted by Crippen LogP contribution is 2.46. The van der Waals surface area contributed by atoms with Gasteiger partial charge < -0.3 is 19.2 Å². The van der Waals surface area contributed by atoms with Crippen LogP contribution in [-0.4, -0.2) is 49.8 Å². The number of rotatable bonds is 7. The third-order valence-electron chi connectivity index (χ3n) is 5.52. The summed E-state index contributed by atoms with van der Waals surface area (Å²) in [4.78, 5) is 24.5. The first-order chi connectivity index (χ1) is 17.2. The first-order valence-corrected chi connectivity index (χ1v) is 10.5. The fourth-order valence-electron chi connectivity index (χ4n) is 3.59. The Morgan fingerprint density at radius 3 is 2.30 bits per heavy atom. The summed E-state index contributed by atoms with van der Waals surface area (Å²) in [6, 6.07) is 4.58. The summed E-state index contributed by atoms with van der Waals surface area (Å²) in [6.45, 7) is 1.43. The van der Waals surface area contributed by atoms with Crippen LogP contribution in [0.5, 0.6) is 11.5 Å². The van der Waals surface area contributed by atoms with Gasteiger partial charge in [-0.05, 0) is 31.9 Å². The Morgan fingerprint density at radius 2 is 1.70 bits per heavy atom. The molecule has 2 N–H and O–H groups in total. The lowest BCUT2D eigenvalue weighted by Gasteiger charge is -2.26. The van der Waals surface area contributed by atoms with Crippen molar-refractivity contribution in [1.82, 2.24) is 5.43 Å². The van der Waals surface area contributed by atoms with Gasteiger partial charge in [-0.2, -0.15) is 35.8 Å². The van der Waals surface area contributed by atoms with Crippen molar-refractivity contribution in [3.05, 3.63) is 40.8 Å². The number of aryl methyl sites for hydroxylation is 1. The second-order valence-electron chi connectivity index (χ2n) is 7.87. The molecule has 0 bridgehead atoms. The number of methoxy groups -OCH3 is 2. The molecule has 3 rings (SSSR count). The van der Waals surface area contributed by atoms with Crippen LogP contribution in [0.2, 0.25) is 0 Å². The van der Waals surface area contributed by atoms with Gasteiger partial charge in [-0.25, -0.2) is 5.43 Å². The van der Waals surface area contributed by atoms with Gasteiger partial charge in [0.25, 0.3) is 5.91 Å². The number of amides is 2. The van der Waals surface area contributed by atoms with Gasteiger partial charge >= 0.3 is 23.9 Å². The van der Waals surface area contributed by atoms with Crippen molar-refractivity contribution in [2.24, 2.45) is 5.10 Å². The van der Waals surface area contributed by atoms with E-state index < -0.39 is 29.8 Å². The molecule has 0 fully saturated rings. The number of hydrazone groups is 1. The van der Waals surface area contributed by atoms with Gasteiger partial charge in [-0.3, -0.25) is 9.59 Å². The Bertz CT molecular complexity index is 1240. The average molecular weight is 539 g/mol. The maximum absolute atomic E-state index is 13.6. The van der Waals surface area contributed by atoms with E-state index in [-0.39, 0.29) is 52.6 Å². The smallest absolute Gasteiger partial charge is 0.460 e. The van der Waals surface area contributed by atoms with Gasteiger partial charge in [0.05, 0.1) is 25.6 Å². The van der Waals surface area contributed by atoms with Crippen molar-refractivity contribution in [3.8, 4) is 11.5 Å². The number of nitrogens with one attached hydrogen (secondary N) is 2. The Labute approximate surface area is 204 Å². The highest BCUT2D eigenvalue weighted by molar-refractivity contribution is 6.09. The number of fused-ring (bicyclic) bond motifs is 1. The van der Waals surface area contributed by atoms with E-state index in [1.54, 1.807) is 6.07 Å². The summed E-state index contributed by atoms with van der Waals surface area (Å²) in [7, 11) is 2.81. The van der Waals surface area contributed by atoms with Crippen LogP contribution in [-0.2, 0) is 11.2 Å². The highest BCUT2D eigenvalue weighted by Gasteiger charge is 2.76. The Hall–Kier alpha value is -3.78. The third-order valence-corrected chi connectivity index (χ3v) is 5.52. The molecule has 1 aromatic carbocycles. The highest BCUT2D eigenvalue weighted by atomic mass is 19.4. The molecular formula is C22H20F7N3O5. The van der Waals surface area contributed by atoms with Gasteiger partial charge in [-0.1, -0.05) is 0 Å². The van der Waals surface area contributed by atoms with Crippen LogP contribution in [0.3, 0.4) is 0 Å². The van der Waals surface area contributed by atoms with Gasteiger partial charge in [0.2, 0.25) is 0 Å². The lowest BCUT2D eigenvalue weighted by molar-refractivity contribution is -0.344. The number of hydrogen-bond acceptors (Lipinski definition) is 6. The molecule has 202 valence electrons. The van der Waals surface area contributed by atoms with Gasteiger partial charge in [0.1, 0.15) is 17.3 Å². The van der Waals surface area contributed by atoms with Crippen molar-refractivity contribution >= 4 is 23.2 Å². The minimum atomic E-state index is -6.67. The topological polar surface area (TPSA) is 102 Å². The summed E-state index contributed by atoms with van der Waals surface area (Å²) in [6.07, 6.45) is -6.06. The zero-order valence-corrected chi connectivity index (χ0v) is 19.5. The fraction of sp³-hybridized carbons (Fsp3) is 0.409. The number of carbonyl (C=O) groups excluding carboxylic acids is 2. The summed E-state index contributed by atoms with van der Waals surface area (Å²) in [5.41, 5.74) is 1.54. The van der Waals surface area contributed by atoms with Gasteiger partial charge in [0.15, 0.2) is 5.76 Å². The molecule has 15 heteroatoms. The number of alkyl halides is 7. The minimum absolute atomic E-state index is 0.0300. The van der Waals surface area contributed by atoms with Crippen LogP contribution < -0.4 is 20.2 Å². The van der Waals surface area contributed by atoms with E-state index in [2.05, 4.69) is 10.4 Å². The zero-order valence-electron chi connectivity index (χ0n) is 19.5. The number of ether oxygens (including phenoxy) is 2. The second kappa shape index (κ2) is 9.94. The van der Waals surface area contributed by atoms with E-state index in [1.165, 1.54) is 33.3 Å². The first-order valence-electron chi connectivity index (χ1n) is 10.5. The minimum Gasteiger partial charge on any atom is -0.497 e. The molecule has 0 saturated heterocycles. The van der Waals surface area contributed by atoms with Gasteiger partial charge in [0, 0.05) is 23.6 Å². The molecule has 1 aliphatic rings. The van der Waals surface area contributed by atoms with E-state index in [9.17, 15) is 40.3 Å². The van der Waals surface area contributed by atoms with Crippen LogP contribution in [0.4, 0.5) is 36.4 Å². The van der Waals surface area contributed by atoms with E-state index in [0.717, 1.165) is 5.43 Å².